The fourth-order valence-electron chi connectivity index (χ4n) is 1.75. The van der Waals surface area contributed by atoms with Crippen LogP contribution in [0, 0.1) is 0 Å². The molecule has 8 N–H and O–H groups in total. The first-order valence-corrected chi connectivity index (χ1v) is 7.02. The molecule has 10 heteroatoms. The fourth-order valence-corrected chi connectivity index (χ4v) is 1.88. The number of carbonyl (C=O) groups excluding carboxylic acids is 1. The van der Waals surface area contributed by atoms with Gasteiger partial charge in [0.05, 0.1) is 12.1 Å². The third-order valence-electron chi connectivity index (χ3n) is 3.38. The average Bonchev–Trinajstić information content (AvgIpc) is 2.48. The molecule has 1 rings (SSSR count). The number of nitrogen functional groups attached to an aromatic ring is 2. The van der Waals surface area contributed by atoms with Gasteiger partial charge in [-0.15, -0.1) is 0 Å². The van der Waals surface area contributed by atoms with Crippen molar-refractivity contribution in [1.82, 2.24) is 15.3 Å². The van der Waals surface area contributed by atoms with Crippen LogP contribution >= 0.6 is 11.6 Å². The van der Waals surface area contributed by atoms with Crippen LogP contribution in [0.4, 0.5) is 11.6 Å². The minimum atomic E-state index is -0.809. The number of guanidine groups is 1. The zero-order chi connectivity index (χ0) is 16.9. The fraction of sp³-hybridized carbons (Fsp3) is 0.500. The summed E-state index contributed by atoms with van der Waals surface area (Å²) in [7, 11) is 0. The Morgan fingerprint density at radius 2 is 1.91 bits per heavy atom. The highest BCUT2D eigenvalue weighted by molar-refractivity contribution is 6.31. The predicted octanol–water partition coefficient (Wildman–Crippen LogP) is -0.110. The van der Waals surface area contributed by atoms with Crippen molar-refractivity contribution in [2.75, 3.05) is 18.1 Å². The SMILES string of the molecule is CCC(CC)(CO)N/C(N)=N/C(=O)c1nc(Cl)c(N)nc1N. The summed E-state index contributed by atoms with van der Waals surface area (Å²) >= 11 is 5.71. The number of anilines is 2. The molecule has 122 valence electrons. The number of aromatic nitrogens is 2. The summed E-state index contributed by atoms with van der Waals surface area (Å²) in [5, 5.41) is 12.1. The highest BCUT2D eigenvalue weighted by Crippen LogP contribution is 2.18. The van der Waals surface area contributed by atoms with E-state index >= 15 is 0 Å². The third-order valence-corrected chi connectivity index (χ3v) is 3.66. The van der Waals surface area contributed by atoms with Gasteiger partial charge >= 0.3 is 5.91 Å². The number of aliphatic imine (C=N–C) groups is 1. The van der Waals surface area contributed by atoms with E-state index in [4.69, 9.17) is 28.8 Å². The van der Waals surface area contributed by atoms with Crippen molar-refractivity contribution in [3.8, 4) is 0 Å². The normalized spacial score (nSPS) is 12.3. The van der Waals surface area contributed by atoms with Gasteiger partial charge in [0.15, 0.2) is 28.4 Å². The second-order valence-electron chi connectivity index (χ2n) is 4.71. The van der Waals surface area contributed by atoms with Crippen LogP contribution in [-0.2, 0) is 0 Å². The third kappa shape index (κ3) is 3.95. The number of carbonyl (C=O) groups is 1. The number of aliphatic hydroxyl groups is 1. The smallest absolute Gasteiger partial charge is 0.302 e. The Hall–Kier alpha value is -2.13. The highest BCUT2D eigenvalue weighted by Gasteiger charge is 2.26. The lowest BCUT2D eigenvalue weighted by molar-refractivity contribution is 0.0997. The zero-order valence-corrected chi connectivity index (χ0v) is 13.2. The van der Waals surface area contributed by atoms with Crippen molar-refractivity contribution in [3.63, 3.8) is 0 Å². The van der Waals surface area contributed by atoms with Gasteiger partial charge in [0.2, 0.25) is 0 Å². The Labute approximate surface area is 133 Å². The Morgan fingerprint density at radius 1 is 1.32 bits per heavy atom. The summed E-state index contributed by atoms with van der Waals surface area (Å²) in [6.45, 7) is 3.61. The minimum Gasteiger partial charge on any atom is -0.394 e. The van der Waals surface area contributed by atoms with E-state index in [1.807, 2.05) is 13.8 Å². The molecule has 9 nitrogen and oxygen atoms in total. The number of nitrogens with zero attached hydrogens (tertiary/aromatic N) is 3. The Balaban J connectivity index is 3.02. The van der Waals surface area contributed by atoms with Crippen LogP contribution in [0.1, 0.15) is 37.2 Å². The molecule has 22 heavy (non-hydrogen) atoms. The van der Waals surface area contributed by atoms with Gasteiger partial charge in [-0.2, -0.15) is 4.99 Å². The summed E-state index contributed by atoms with van der Waals surface area (Å²) in [4.78, 5) is 23.1. The molecule has 0 unspecified atom stereocenters. The van der Waals surface area contributed by atoms with E-state index in [1.165, 1.54) is 0 Å². The second kappa shape index (κ2) is 7.23. The molecule has 0 aliphatic heterocycles. The van der Waals surface area contributed by atoms with E-state index in [0.717, 1.165) is 0 Å². The van der Waals surface area contributed by atoms with Gasteiger partial charge in [0.1, 0.15) is 0 Å². The van der Waals surface area contributed by atoms with Gasteiger partial charge in [-0.1, -0.05) is 25.4 Å². The van der Waals surface area contributed by atoms with E-state index < -0.39 is 11.4 Å². The van der Waals surface area contributed by atoms with Crippen LogP contribution in [0.15, 0.2) is 4.99 Å². The van der Waals surface area contributed by atoms with Crippen molar-refractivity contribution < 1.29 is 9.90 Å². The molecule has 1 heterocycles. The van der Waals surface area contributed by atoms with Crippen molar-refractivity contribution in [1.29, 1.82) is 0 Å². The van der Waals surface area contributed by atoms with Gasteiger partial charge < -0.3 is 27.6 Å². The number of nitrogens with one attached hydrogen (secondary N) is 1. The first-order valence-electron chi connectivity index (χ1n) is 6.64. The topological polar surface area (TPSA) is 166 Å². The Kier molecular flexibility index (Phi) is 5.89. The summed E-state index contributed by atoms with van der Waals surface area (Å²) in [5.41, 5.74) is 15.8. The molecule has 0 atom stereocenters. The monoisotopic (exact) mass is 329 g/mol. The van der Waals surface area contributed by atoms with Crippen LogP contribution in [0.25, 0.3) is 0 Å². The summed E-state index contributed by atoms with van der Waals surface area (Å²) in [6.07, 6.45) is 1.19. The van der Waals surface area contributed by atoms with E-state index in [0.29, 0.717) is 12.8 Å². The minimum absolute atomic E-state index is 0.0814. The first kappa shape index (κ1) is 17.9. The molecule has 0 aliphatic rings. The maximum Gasteiger partial charge on any atom is 0.302 e. The lowest BCUT2D eigenvalue weighted by atomic mass is 9.94. The summed E-state index contributed by atoms with van der Waals surface area (Å²) in [6, 6.07) is 0. The van der Waals surface area contributed by atoms with Crippen LogP contribution in [0.5, 0.6) is 0 Å². The Morgan fingerprint density at radius 3 is 2.41 bits per heavy atom. The average molecular weight is 330 g/mol. The maximum atomic E-state index is 12.0. The van der Waals surface area contributed by atoms with Crippen molar-refractivity contribution in [3.05, 3.63) is 10.8 Å². The molecule has 0 fully saturated rings. The quantitative estimate of drug-likeness (QED) is 0.368. The lowest BCUT2D eigenvalue weighted by Crippen LogP contribution is -2.53. The Bertz CT molecular complexity index is 579. The van der Waals surface area contributed by atoms with Gasteiger partial charge in [0.25, 0.3) is 0 Å². The molecular formula is C12H20ClN7O2. The zero-order valence-electron chi connectivity index (χ0n) is 12.4. The van der Waals surface area contributed by atoms with E-state index in [-0.39, 0.29) is 35.0 Å². The molecular weight excluding hydrogens is 310 g/mol. The molecule has 1 aromatic heterocycles. The van der Waals surface area contributed by atoms with Crippen LogP contribution in [0.3, 0.4) is 0 Å². The lowest BCUT2D eigenvalue weighted by Gasteiger charge is -2.31. The standard InChI is InChI=1S/C12H20ClN7O2/c1-3-12(4-2,5-21)20-11(16)19-10(22)6-8(14)18-9(15)7(13)17-6/h21H,3-5H2,1-2H3,(H4,14,15,18)(H3,16,19,20,22). The molecule has 0 saturated heterocycles. The van der Waals surface area contributed by atoms with E-state index in [9.17, 15) is 9.90 Å². The van der Waals surface area contributed by atoms with Gasteiger partial charge in [-0.3, -0.25) is 4.79 Å². The molecule has 0 aliphatic carbocycles. The van der Waals surface area contributed by atoms with Crippen molar-refractivity contribution in [2.24, 2.45) is 10.7 Å². The number of halogens is 1. The predicted molar refractivity (Wildman–Crippen MR) is 85.4 cm³/mol. The van der Waals surface area contributed by atoms with Crippen LogP contribution in [-0.4, -0.2) is 39.1 Å². The first-order chi connectivity index (χ1) is 10.3. The molecule has 0 bridgehead atoms. The molecule has 1 aromatic rings. The molecule has 0 radical (unpaired) electrons. The summed E-state index contributed by atoms with van der Waals surface area (Å²) < 4.78 is 0. The largest absolute Gasteiger partial charge is 0.394 e. The number of aliphatic hydroxyl groups excluding tert-OH is 1. The van der Waals surface area contributed by atoms with Gasteiger partial charge in [-0.25, -0.2) is 9.97 Å². The number of amides is 1. The maximum absolute atomic E-state index is 12.0. The van der Waals surface area contributed by atoms with E-state index in [2.05, 4.69) is 20.3 Å². The summed E-state index contributed by atoms with van der Waals surface area (Å²) in [5.74, 6) is -1.24. The van der Waals surface area contributed by atoms with Crippen LogP contribution in [0.2, 0.25) is 5.15 Å². The number of hydrogen-bond acceptors (Lipinski definition) is 6. The van der Waals surface area contributed by atoms with E-state index in [1.54, 1.807) is 0 Å². The number of nitrogens with two attached hydrogens (primary N) is 3. The van der Waals surface area contributed by atoms with Crippen molar-refractivity contribution in [2.45, 2.75) is 32.2 Å². The molecule has 0 spiro atoms. The van der Waals surface area contributed by atoms with Crippen molar-refractivity contribution >= 4 is 35.1 Å². The molecule has 0 saturated carbocycles. The number of hydrogen-bond donors (Lipinski definition) is 5. The van der Waals surface area contributed by atoms with Gasteiger partial charge in [0, 0.05) is 0 Å². The highest BCUT2D eigenvalue weighted by atomic mass is 35.5. The second-order valence-corrected chi connectivity index (χ2v) is 5.06. The number of rotatable bonds is 5. The molecule has 1 amide bonds. The van der Waals surface area contributed by atoms with Gasteiger partial charge in [-0.05, 0) is 12.8 Å². The van der Waals surface area contributed by atoms with Crippen LogP contribution < -0.4 is 22.5 Å². The molecule has 0 aromatic carbocycles.